The van der Waals surface area contributed by atoms with Gasteiger partial charge in [-0.15, -0.1) is 0 Å². The number of methoxy groups -OCH3 is 1. The number of halogens is 3. The zero-order valence-corrected chi connectivity index (χ0v) is 20.4. The van der Waals surface area contributed by atoms with Gasteiger partial charge < -0.3 is 9.47 Å². The summed E-state index contributed by atoms with van der Waals surface area (Å²) in [6, 6.07) is 14.7. The summed E-state index contributed by atoms with van der Waals surface area (Å²) in [5.74, 6) is -1.38. The van der Waals surface area contributed by atoms with Crippen molar-refractivity contribution in [3.8, 4) is 11.5 Å². The highest BCUT2D eigenvalue weighted by atomic mass is 35.5. The number of carbonyl (C=O) groups excluding carboxylic acids is 3. The monoisotopic (exact) mass is 531 g/mol. The van der Waals surface area contributed by atoms with Crippen molar-refractivity contribution in [2.24, 2.45) is 0 Å². The van der Waals surface area contributed by atoms with E-state index in [4.69, 9.17) is 32.7 Å². The van der Waals surface area contributed by atoms with E-state index in [1.54, 1.807) is 12.1 Å². The highest BCUT2D eigenvalue weighted by Gasteiger charge is 2.35. The van der Waals surface area contributed by atoms with E-state index >= 15 is 0 Å². The van der Waals surface area contributed by atoms with E-state index in [0.29, 0.717) is 16.1 Å². The third-order valence-corrected chi connectivity index (χ3v) is 6.39. The van der Waals surface area contributed by atoms with Crippen LogP contribution in [0.4, 0.5) is 9.18 Å². The summed E-state index contributed by atoms with van der Waals surface area (Å²) in [6.07, 6.45) is 1.49. The number of hydrogen-bond acceptors (Lipinski definition) is 6. The number of hydrogen-bond donors (Lipinski definition) is 0. The van der Waals surface area contributed by atoms with Gasteiger partial charge in [0.1, 0.15) is 5.82 Å². The van der Waals surface area contributed by atoms with Crippen LogP contribution in [0.1, 0.15) is 21.5 Å². The number of amides is 2. The summed E-state index contributed by atoms with van der Waals surface area (Å²) in [5.41, 5.74) is 1.35. The Morgan fingerprint density at radius 1 is 1.06 bits per heavy atom. The predicted octanol–water partition coefficient (Wildman–Crippen LogP) is 6.60. The van der Waals surface area contributed by atoms with Gasteiger partial charge in [0, 0.05) is 5.02 Å². The van der Waals surface area contributed by atoms with Gasteiger partial charge in [0.05, 0.1) is 29.1 Å². The van der Waals surface area contributed by atoms with Crippen molar-refractivity contribution in [3.05, 3.63) is 98.1 Å². The molecule has 2 amide bonds. The minimum Gasteiger partial charge on any atom is -0.493 e. The quantitative estimate of drug-likeness (QED) is 0.203. The predicted molar refractivity (Wildman–Crippen MR) is 132 cm³/mol. The molecule has 0 N–H and O–H groups in total. The molecule has 10 heteroatoms. The van der Waals surface area contributed by atoms with Crippen LogP contribution in [-0.2, 0) is 11.3 Å². The molecule has 35 heavy (non-hydrogen) atoms. The van der Waals surface area contributed by atoms with E-state index in [-0.39, 0.29) is 33.5 Å². The molecule has 3 aromatic carbocycles. The number of rotatable bonds is 6. The molecule has 0 unspecified atom stereocenters. The largest absolute Gasteiger partial charge is 0.493 e. The fourth-order valence-corrected chi connectivity index (χ4v) is 4.44. The summed E-state index contributed by atoms with van der Waals surface area (Å²) in [7, 11) is 1.38. The molecule has 0 bridgehead atoms. The highest BCUT2D eigenvalue weighted by Crippen LogP contribution is 2.39. The fourth-order valence-electron chi connectivity index (χ4n) is 3.22. The molecule has 0 saturated carbocycles. The van der Waals surface area contributed by atoms with Crippen molar-refractivity contribution in [1.29, 1.82) is 0 Å². The van der Waals surface area contributed by atoms with Crippen molar-refractivity contribution >= 4 is 58.2 Å². The first-order valence-electron chi connectivity index (χ1n) is 10.1. The lowest BCUT2D eigenvalue weighted by Crippen LogP contribution is -2.27. The topological polar surface area (TPSA) is 72.9 Å². The van der Waals surface area contributed by atoms with Gasteiger partial charge in [-0.25, -0.2) is 9.18 Å². The second-order valence-electron chi connectivity index (χ2n) is 7.32. The van der Waals surface area contributed by atoms with Gasteiger partial charge in [-0.05, 0) is 77.5 Å². The first kappa shape index (κ1) is 24.8. The Morgan fingerprint density at radius 2 is 1.74 bits per heavy atom. The van der Waals surface area contributed by atoms with Crippen LogP contribution in [0.3, 0.4) is 0 Å². The molecule has 6 nitrogen and oxygen atoms in total. The Bertz CT molecular complexity index is 1340. The van der Waals surface area contributed by atoms with Crippen molar-refractivity contribution in [2.45, 2.75) is 6.54 Å². The van der Waals surface area contributed by atoms with Crippen LogP contribution < -0.4 is 9.47 Å². The van der Waals surface area contributed by atoms with Gasteiger partial charge in [-0.1, -0.05) is 35.3 Å². The Morgan fingerprint density at radius 3 is 2.40 bits per heavy atom. The van der Waals surface area contributed by atoms with E-state index in [1.807, 2.05) is 0 Å². The molecular weight excluding hydrogens is 516 g/mol. The summed E-state index contributed by atoms with van der Waals surface area (Å²) in [6.45, 7) is 0.0198. The van der Waals surface area contributed by atoms with Crippen LogP contribution in [0.5, 0.6) is 11.5 Å². The smallest absolute Gasteiger partial charge is 0.343 e. The lowest BCUT2D eigenvalue weighted by Gasteiger charge is -2.13. The molecule has 1 aliphatic rings. The molecule has 0 aromatic heterocycles. The molecular formula is C25H16Cl2FNO5S. The summed E-state index contributed by atoms with van der Waals surface area (Å²) < 4.78 is 23.9. The molecule has 0 atom stereocenters. The molecule has 178 valence electrons. The Kier molecular flexibility index (Phi) is 7.45. The first-order chi connectivity index (χ1) is 16.7. The molecule has 1 fully saturated rings. The van der Waals surface area contributed by atoms with Gasteiger partial charge in [-0.3, -0.25) is 14.5 Å². The van der Waals surface area contributed by atoms with E-state index < -0.39 is 22.9 Å². The number of benzene rings is 3. The minimum atomic E-state index is -0.656. The number of ether oxygens (including phenoxy) is 2. The summed E-state index contributed by atoms with van der Waals surface area (Å²) in [5, 5.41) is 0.101. The molecule has 0 spiro atoms. The first-order valence-corrected chi connectivity index (χ1v) is 11.7. The second-order valence-corrected chi connectivity index (χ2v) is 9.16. The number of thioether (sulfide) groups is 1. The van der Waals surface area contributed by atoms with Gasteiger partial charge in [0.2, 0.25) is 0 Å². The summed E-state index contributed by atoms with van der Waals surface area (Å²) in [4.78, 5) is 39.0. The zero-order chi connectivity index (χ0) is 25.1. The maximum atomic E-state index is 13.1. The van der Waals surface area contributed by atoms with E-state index in [0.717, 1.165) is 16.7 Å². The lowest BCUT2D eigenvalue weighted by molar-refractivity contribution is -0.123. The normalized spacial score (nSPS) is 14.5. The summed E-state index contributed by atoms with van der Waals surface area (Å²) >= 11 is 13.0. The number of nitrogens with zero attached hydrogens (tertiary/aromatic N) is 1. The number of carbonyl (C=O) groups is 3. The van der Waals surface area contributed by atoms with Gasteiger partial charge in [0.25, 0.3) is 11.1 Å². The fraction of sp³-hybridized carbons (Fsp3) is 0.0800. The van der Waals surface area contributed by atoms with Crippen molar-refractivity contribution in [3.63, 3.8) is 0 Å². The maximum Gasteiger partial charge on any atom is 0.343 e. The molecule has 1 aliphatic heterocycles. The van der Waals surface area contributed by atoms with Crippen molar-refractivity contribution in [1.82, 2.24) is 4.90 Å². The van der Waals surface area contributed by atoms with Gasteiger partial charge in [-0.2, -0.15) is 0 Å². The van der Waals surface area contributed by atoms with Crippen LogP contribution in [0.25, 0.3) is 6.08 Å². The molecule has 3 aromatic rings. The average Bonchev–Trinajstić information content (AvgIpc) is 3.09. The highest BCUT2D eigenvalue weighted by molar-refractivity contribution is 8.18. The Balaban J connectivity index is 1.55. The van der Waals surface area contributed by atoms with Crippen molar-refractivity contribution in [2.75, 3.05) is 7.11 Å². The maximum absolute atomic E-state index is 13.1. The van der Waals surface area contributed by atoms with E-state index in [9.17, 15) is 18.8 Å². The van der Waals surface area contributed by atoms with Gasteiger partial charge in [0.15, 0.2) is 11.5 Å². The van der Waals surface area contributed by atoms with Crippen LogP contribution >= 0.6 is 35.0 Å². The number of esters is 1. The van der Waals surface area contributed by atoms with E-state index in [1.165, 1.54) is 61.7 Å². The third-order valence-electron chi connectivity index (χ3n) is 4.95. The standard InChI is InChI=1S/C25H16Cl2FNO5S/c1-33-20-11-15(10-19(27)22(20)34-24(31)16-4-6-17(26)7-5-16)12-21-23(30)29(25(32)35-21)13-14-2-8-18(28)9-3-14/h2-12H,13H2,1H3/b21-12-. The molecule has 0 radical (unpaired) electrons. The Hall–Kier alpha value is -3.33. The molecule has 4 rings (SSSR count). The van der Waals surface area contributed by atoms with Crippen LogP contribution in [0, 0.1) is 5.82 Å². The zero-order valence-electron chi connectivity index (χ0n) is 18.1. The lowest BCUT2D eigenvalue weighted by atomic mass is 10.1. The van der Waals surface area contributed by atoms with Crippen LogP contribution in [0.2, 0.25) is 10.0 Å². The SMILES string of the molecule is COc1cc(/C=C2\SC(=O)N(Cc3ccc(F)cc3)C2=O)cc(Cl)c1OC(=O)c1ccc(Cl)cc1. The minimum absolute atomic E-state index is 0.00989. The molecule has 1 saturated heterocycles. The van der Waals surface area contributed by atoms with Crippen molar-refractivity contribution < 1.29 is 28.2 Å². The van der Waals surface area contributed by atoms with Gasteiger partial charge >= 0.3 is 5.97 Å². The van der Waals surface area contributed by atoms with E-state index in [2.05, 4.69) is 0 Å². The second kappa shape index (κ2) is 10.5. The molecule has 0 aliphatic carbocycles. The molecule has 1 heterocycles. The number of imide groups is 1. The Labute approximate surface area is 214 Å². The van der Waals surface area contributed by atoms with Crippen LogP contribution in [-0.4, -0.2) is 29.1 Å². The van der Waals surface area contributed by atoms with Crippen LogP contribution in [0.15, 0.2) is 65.6 Å². The average molecular weight is 532 g/mol. The third kappa shape index (κ3) is 5.67.